The molecule has 0 saturated heterocycles. The van der Waals surface area contributed by atoms with Crippen LogP contribution in [0.2, 0.25) is 10.0 Å². The Labute approximate surface area is 127 Å². The zero-order valence-corrected chi connectivity index (χ0v) is 12.2. The van der Waals surface area contributed by atoms with Crippen molar-refractivity contribution in [3.8, 4) is 11.8 Å². The fourth-order valence-electron chi connectivity index (χ4n) is 1.72. The van der Waals surface area contributed by atoms with Crippen molar-refractivity contribution in [2.24, 2.45) is 0 Å². The fraction of sp³-hybridized carbons (Fsp3) is 0.0625. The summed E-state index contributed by atoms with van der Waals surface area (Å²) in [5.74, 6) is 0.746. The summed E-state index contributed by atoms with van der Waals surface area (Å²) in [6.07, 6.45) is 1.74. The zero-order chi connectivity index (χ0) is 14.5. The highest BCUT2D eigenvalue weighted by Gasteiger charge is 2.04. The lowest BCUT2D eigenvalue weighted by molar-refractivity contribution is 0.415. The normalized spacial score (nSPS) is 11.0. The van der Waals surface area contributed by atoms with Crippen LogP contribution in [0.15, 0.2) is 42.5 Å². The van der Waals surface area contributed by atoms with Gasteiger partial charge in [0.05, 0.1) is 18.8 Å². The Morgan fingerprint density at radius 3 is 2.40 bits per heavy atom. The smallest absolute Gasteiger partial charge is 0.118 e. The van der Waals surface area contributed by atoms with Crippen molar-refractivity contribution in [1.82, 2.24) is 0 Å². The number of methoxy groups -OCH3 is 1. The van der Waals surface area contributed by atoms with Gasteiger partial charge in [0, 0.05) is 10.0 Å². The predicted molar refractivity (Wildman–Crippen MR) is 82.9 cm³/mol. The second-order valence-corrected chi connectivity index (χ2v) is 4.91. The topological polar surface area (TPSA) is 33.0 Å². The standard InChI is InChI=1S/C16H11Cl2NO/c1-20-15-6-3-11(4-7-15)13(10-19)8-12-2-5-14(17)9-16(12)18/h2-9H,1H3/b13-8+. The lowest BCUT2D eigenvalue weighted by atomic mass is 10.0. The average Bonchev–Trinajstić information content (AvgIpc) is 2.47. The largest absolute Gasteiger partial charge is 0.497 e. The SMILES string of the molecule is COc1ccc(/C(C#N)=C/c2ccc(Cl)cc2Cl)cc1. The highest BCUT2D eigenvalue weighted by molar-refractivity contribution is 6.35. The number of rotatable bonds is 3. The number of nitriles is 1. The molecule has 2 aromatic rings. The van der Waals surface area contributed by atoms with Crippen molar-refractivity contribution in [2.45, 2.75) is 0 Å². The molecule has 0 heterocycles. The molecule has 0 fully saturated rings. The van der Waals surface area contributed by atoms with Crippen LogP contribution in [0.25, 0.3) is 11.6 Å². The summed E-state index contributed by atoms with van der Waals surface area (Å²) >= 11 is 12.0. The van der Waals surface area contributed by atoms with E-state index in [1.807, 2.05) is 24.3 Å². The van der Waals surface area contributed by atoms with E-state index in [1.165, 1.54) is 0 Å². The molecule has 0 unspecified atom stereocenters. The minimum atomic E-state index is 0.513. The van der Waals surface area contributed by atoms with Crippen LogP contribution in [0.5, 0.6) is 5.75 Å². The molecule has 0 aliphatic heterocycles. The Balaban J connectivity index is 2.40. The summed E-state index contributed by atoms with van der Waals surface area (Å²) in [6, 6.07) is 14.6. The number of halogens is 2. The average molecular weight is 304 g/mol. The first-order valence-corrected chi connectivity index (χ1v) is 6.61. The molecule has 0 N–H and O–H groups in total. The van der Waals surface area contributed by atoms with Gasteiger partial charge in [0.25, 0.3) is 0 Å². The van der Waals surface area contributed by atoms with Gasteiger partial charge in [-0.2, -0.15) is 5.26 Å². The molecule has 0 amide bonds. The quantitative estimate of drug-likeness (QED) is 0.586. The van der Waals surface area contributed by atoms with Crippen LogP contribution in [0.1, 0.15) is 11.1 Å². The van der Waals surface area contributed by atoms with Gasteiger partial charge in [0.2, 0.25) is 0 Å². The number of nitrogens with zero attached hydrogens (tertiary/aromatic N) is 1. The molecule has 0 bridgehead atoms. The molecule has 100 valence electrons. The summed E-state index contributed by atoms with van der Waals surface area (Å²) in [7, 11) is 1.60. The Morgan fingerprint density at radius 1 is 1.15 bits per heavy atom. The minimum Gasteiger partial charge on any atom is -0.497 e. The predicted octanol–water partition coefficient (Wildman–Crippen LogP) is 5.07. The molecule has 0 atom stereocenters. The van der Waals surface area contributed by atoms with E-state index in [0.717, 1.165) is 16.9 Å². The summed E-state index contributed by atoms with van der Waals surface area (Å²) in [6.45, 7) is 0. The van der Waals surface area contributed by atoms with Gasteiger partial charge in [-0.3, -0.25) is 0 Å². The molecule has 2 rings (SSSR count). The zero-order valence-electron chi connectivity index (χ0n) is 10.7. The Bertz CT molecular complexity index is 685. The maximum Gasteiger partial charge on any atom is 0.118 e. The van der Waals surface area contributed by atoms with Crippen molar-refractivity contribution in [3.05, 3.63) is 63.6 Å². The lowest BCUT2D eigenvalue weighted by Crippen LogP contribution is -1.85. The van der Waals surface area contributed by atoms with Crippen LogP contribution in [-0.2, 0) is 0 Å². The third-order valence-electron chi connectivity index (χ3n) is 2.78. The Hall–Kier alpha value is -1.95. The van der Waals surface area contributed by atoms with Crippen LogP contribution in [0, 0.1) is 11.3 Å². The van der Waals surface area contributed by atoms with Gasteiger partial charge < -0.3 is 4.74 Å². The van der Waals surface area contributed by atoms with Crippen molar-refractivity contribution in [1.29, 1.82) is 5.26 Å². The molecule has 0 aliphatic rings. The van der Waals surface area contributed by atoms with Crippen molar-refractivity contribution in [3.63, 3.8) is 0 Å². The van der Waals surface area contributed by atoms with Crippen LogP contribution in [0.4, 0.5) is 0 Å². The van der Waals surface area contributed by atoms with Crippen LogP contribution < -0.4 is 4.74 Å². The van der Waals surface area contributed by atoms with E-state index in [1.54, 1.807) is 31.4 Å². The number of allylic oxidation sites excluding steroid dienone is 1. The second-order valence-electron chi connectivity index (χ2n) is 4.06. The van der Waals surface area contributed by atoms with Crippen LogP contribution in [0.3, 0.4) is 0 Å². The molecule has 0 spiro atoms. The van der Waals surface area contributed by atoms with Gasteiger partial charge in [-0.05, 0) is 53.6 Å². The molecule has 4 heteroatoms. The number of hydrogen-bond donors (Lipinski definition) is 0. The molecular formula is C16H11Cl2NO. The van der Waals surface area contributed by atoms with E-state index in [9.17, 15) is 5.26 Å². The van der Waals surface area contributed by atoms with Gasteiger partial charge in [-0.25, -0.2) is 0 Å². The first-order valence-electron chi connectivity index (χ1n) is 5.85. The van der Waals surface area contributed by atoms with Gasteiger partial charge in [-0.15, -0.1) is 0 Å². The molecule has 2 aromatic carbocycles. The summed E-state index contributed by atoms with van der Waals surface area (Å²) in [4.78, 5) is 0. The lowest BCUT2D eigenvalue weighted by Gasteiger charge is -2.04. The summed E-state index contributed by atoms with van der Waals surface area (Å²) in [5, 5.41) is 10.4. The second kappa shape index (κ2) is 6.47. The molecular weight excluding hydrogens is 293 g/mol. The van der Waals surface area contributed by atoms with E-state index in [4.69, 9.17) is 27.9 Å². The Kier molecular flexibility index (Phi) is 4.68. The summed E-state index contributed by atoms with van der Waals surface area (Å²) in [5.41, 5.74) is 2.08. The highest BCUT2D eigenvalue weighted by Crippen LogP contribution is 2.26. The third-order valence-corrected chi connectivity index (χ3v) is 3.35. The maximum atomic E-state index is 9.29. The van der Waals surface area contributed by atoms with E-state index >= 15 is 0 Å². The van der Waals surface area contributed by atoms with Gasteiger partial charge >= 0.3 is 0 Å². The molecule has 0 aromatic heterocycles. The first kappa shape index (κ1) is 14.5. The van der Waals surface area contributed by atoms with E-state index in [-0.39, 0.29) is 0 Å². The van der Waals surface area contributed by atoms with E-state index in [2.05, 4.69) is 6.07 Å². The van der Waals surface area contributed by atoms with Crippen molar-refractivity contribution >= 4 is 34.9 Å². The summed E-state index contributed by atoms with van der Waals surface area (Å²) < 4.78 is 5.09. The van der Waals surface area contributed by atoms with Gasteiger partial charge in [0.1, 0.15) is 5.75 Å². The monoisotopic (exact) mass is 303 g/mol. The molecule has 2 nitrogen and oxygen atoms in total. The van der Waals surface area contributed by atoms with Crippen LogP contribution in [-0.4, -0.2) is 7.11 Å². The van der Waals surface area contributed by atoms with E-state index in [0.29, 0.717) is 15.6 Å². The number of benzene rings is 2. The molecule has 0 radical (unpaired) electrons. The maximum absolute atomic E-state index is 9.29. The van der Waals surface area contributed by atoms with Crippen molar-refractivity contribution in [2.75, 3.05) is 7.11 Å². The van der Waals surface area contributed by atoms with E-state index < -0.39 is 0 Å². The van der Waals surface area contributed by atoms with Crippen LogP contribution >= 0.6 is 23.2 Å². The molecule has 0 saturated carbocycles. The fourth-order valence-corrected chi connectivity index (χ4v) is 2.19. The minimum absolute atomic E-state index is 0.513. The number of ether oxygens (including phenoxy) is 1. The third kappa shape index (κ3) is 3.33. The van der Waals surface area contributed by atoms with Gasteiger partial charge in [-0.1, -0.05) is 29.3 Å². The highest BCUT2D eigenvalue weighted by atomic mass is 35.5. The van der Waals surface area contributed by atoms with Gasteiger partial charge in [0.15, 0.2) is 0 Å². The first-order chi connectivity index (χ1) is 9.63. The molecule has 20 heavy (non-hydrogen) atoms. The Morgan fingerprint density at radius 2 is 1.85 bits per heavy atom. The van der Waals surface area contributed by atoms with Crippen molar-refractivity contribution < 1.29 is 4.74 Å². The number of hydrogen-bond acceptors (Lipinski definition) is 2. The molecule has 0 aliphatic carbocycles.